The Labute approximate surface area is 397 Å². The van der Waals surface area contributed by atoms with Crippen LogP contribution in [-0.2, 0) is 28.6 Å². The smallest absolute Gasteiger partial charge is 0.306 e. The summed E-state index contributed by atoms with van der Waals surface area (Å²) in [5, 5.41) is 0. The van der Waals surface area contributed by atoms with Crippen LogP contribution in [0.4, 0.5) is 0 Å². The van der Waals surface area contributed by atoms with Crippen LogP contribution in [0.3, 0.4) is 0 Å². The van der Waals surface area contributed by atoms with E-state index in [1.165, 1.54) is 0 Å². The summed E-state index contributed by atoms with van der Waals surface area (Å²) in [6.07, 6.45) is 74.1. The van der Waals surface area contributed by atoms with Crippen molar-refractivity contribution in [2.45, 2.75) is 194 Å². The van der Waals surface area contributed by atoms with Crippen molar-refractivity contribution >= 4 is 17.9 Å². The molecule has 362 valence electrons. The lowest BCUT2D eigenvalue weighted by atomic mass is 10.1. The third kappa shape index (κ3) is 50.2. The molecule has 1 atom stereocenters. The Balaban J connectivity index is 4.61. The first-order valence-corrected chi connectivity index (χ1v) is 25.3. The highest BCUT2D eigenvalue weighted by molar-refractivity contribution is 5.71. The van der Waals surface area contributed by atoms with Gasteiger partial charge in [0.1, 0.15) is 13.2 Å². The van der Waals surface area contributed by atoms with Gasteiger partial charge in [0.25, 0.3) is 0 Å². The van der Waals surface area contributed by atoms with Gasteiger partial charge in [-0.05, 0) is 128 Å². The second-order valence-corrected chi connectivity index (χ2v) is 15.9. The molecule has 0 aromatic carbocycles. The Morgan fingerprint density at radius 1 is 0.308 bits per heavy atom. The number of hydrogen-bond donors (Lipinski definition) is 0. The molecule has 65 heavy (non-hydrogen) atoms. The highest BCUT2D eigenvalue weighted by Gasteiger charge is 2.19. The summed E-state index contributed by atoms with van der Waals surface area (Å²) in [6, 6.07) is 0. The van der Waals surface area contributed by atoms with E-state index in [1.54, 1.807) is 0 Å². The maximum absolute atomic E-state index is 12.8. The van der Waals surface area contributed by atoms with E-state index in [-0.39, 0.29) is 44.0 Å². The van der Waals surface area contributed by atoms with Gasteiger partial charge in [0.15, 0.2) is 6.10 Å². The predicted molar refractivity (Wildman–Crippen MR) is 279 cm³/mol. The van der Waals surface area contributed by atoms with Crippen molar-refractivity contribution in [2.24, 2.45) is 0 Å². The van der Waals surface area contributed by atoms with Crippen molar-refractivity contribution in [1.82, 2.24) is 0 Å². The fourth-order valence-corrected chi connectivity index (χ4v) is 6.13. The van der Waals surface area contributed by atoms with E-state index in [0.29, 0.717) is 19.3 Å². The Bertz CT molecular complexity index is 1490. The summed E-state index contributed by atoms with van der Waals surface area (Å²) in [4.78, 5) is 38.0. The monoisotopic (exact) mass is 895 g/mol. The molecule has 0 bridgehead atoms. The Morgan fingerprint density at radius 3 is 0.923 bits per heavy atom. The van der Waals surface area contributed by atoms with Crippen LogP contribution in [0.25, 0.3) is 0 Å². The van der Waals surface area contributed by atoms with E-state index in [1.807, 2.05) is 0 Å². The SMILES string of the molecule is CC/C=C\C/C=C\C/C=C\C/C=C\C/C=C\CCCC(=O)OCC(COC(=O)CCCCCC/C=C\C/C=C\C/C=C\CC)OC(=O)CCCCC/C=C\C/C=C\C/C=C\C/C=C\CC. The van der Waals surface area contributed by atoms with Gasteiger partial charge in [-0.1, -0.05) is 186 Å². The van der Waals surface area contributed by atoms with Crippen LogP contribution in [0.5, 0.6) is 0 Å². The van der Waals surface area contributed by atoms with E-state index in [9.17, 15) is 14.4 Å². The molecule has 0 heterocycles. The van der Waals surface area contributed by atoms with Gasteiger partial charge in [-0.2, -0.15) is 0 Å². The number of allylic oxidation sites excluding steroid dienone is 24. The summed E-state index contributed by atoms with van der Waals surface area (Å²) in [5.41, 5.74) is 0. The van der Waals surface area contributed by atoms with Crippen LogP contribution in [0.2, 0.25) is 0 Å². The number of esters is 3. The number of rotatable bonds is 43. The van der Waals surface area contributed by atoms with Crippen LogP contribution in [0, 0.1) is 0 Å². The lowest BCUT2D eigenvalue weighted by Crippen LogP contribution is -2.30. The van der Waals surface area contributed by atoms with Crippen molar-refractivity contribution in [3.05, 3.63) is 146 Å². The van der Waals surface area contributed by atoms with Gasteiger partial charge in [0, 0.05) is 19.3 Å². The Hall–Kier alpha value is -4.71. The summed E-state index contributed by atoms with van der Waals surface area (Å²) >= 11 is 0. The number of hydrogen-bond acceptors (Lipinski definition) is 6. The quantitative estimate of drug-likeness (QED) is 0.0263. The van der Waals surface area contributed by atoms with E-state index in [4.69, 9.17) is 14.2 Å². The second-order valence-electron chi connectivity index (χ2n) is 15.9. The van der Waals surface area contributed by atoms with Gasteiger partial charge in [0.05, 0.1) is 0 Å². The van der Waals surface area contributed by atoms with E-state index >= 15 is 0 Å². The lowest BCUT2D eigenvalue weighted by molar-refractivity contribution is -0.167. The fraction of sp³-hybridized carbons (Fsp3) is 0.542. The molecule has 0 aliphatic heterocycles. The minimum Gasteiger partial charge on any atom is -0.462 e. The Morgan fingerprint density at radius 2 is 0.569 bits per heavy atom. The average Bonchev–Trinajstić information content (AvgIpc) is 3.30. The zero-order valence-electron chi connectivity index (χ0n) is 41.2. The van der Waals surface area contributed by atoms with Crippen molar-refractivity contribution in [3.63, 3.8) is 0 Å². The molecule has 0 saturated carbocycles. The summed E-state index contributed by atoms with van der Waals surface area (Å²) in [6.45, 7) is 6.17. The number of ether oxygens (including phenoxy) is 3. The van der Waals surface area contributed by atoms with Gasteiger partial charge in [0.2, 0.25) is 0 Å². The molecule has 1 unspecified atom stereocenters. The van der Waals surface area contributed by atoms with Crippen LogP contribution in [-0.4, -0.2) is 37.2 Å². The molecule has 0 rings (SSSR count). The van der Waals surface area contributed by atoms with Gasteiger partial charge in [-0.25, -0.2) is 0 Å². The standard InChI is InChI=1S/C59H90O6/c1-4-7-10-13-16-19-22-25-28-30-32-34-37-40-43-46-49-52-58(61)64-55-56(54-63-57(60)51-48-45-42-39-36-33-27-24-21-18-15-12-9-6-3)65-59(62)53-50-47-44-41-38-35-31-29-26-23-20-17-14-11-8-5-2/h7-12,16-21,25-29,32-35,38,40,43,56H,4-6,13-15,22-24,30-31,36-37,39,41-42,44-55H2,1-3H3/b10-7-,11-8-,12-9-,19-16-,20-17-,21-18-,28-25-,29-26-,33-27-,34-32-,38-35-,43-40-. The maximum atomic E-state index is 12.8. The molecule has 0 radical (unpaired) electrons. The van der Waals surface area contributed by atoms with Crippen molar-refractivity contribution in [3.8, 4) is 0 Å². The van der Waals surface area contributed by atoms with Gasteiger partial charge >= 0.3 is 17.9 Å². The molecule has 0 aliphatic rings. The molecule has 0 aromatic rings. The molecular formula is C59H90O6. The van der Waals surface area contributed by atoms with Crippen molar-refractivity contribution in [2.75, 3.05) is 13.2 Å². The highest BCUT2D eigenvalue weighted by Crippen LogP contribution is 2.11. The third-order valence-electron chi connectivity index (χ3n) is 9.82. The van der Waals surface area contributed by atoms with E-state index in [2.05, 4.69) is 167 Å². The minimum absolute atomic E-state index is 0.127. The maximum Gasteiger partial charge on any atom is 0.306 e. The topological polar surface area (TPSA) is 78.9 Å². The summed E-state index contributed by atoms with van der Waals surface area (Å²) < 4.78 is 16.7. The molecule has 0 N–H and O–H groups in total. The van der Waals surface area contributed by atoms with Crippen LogP contribution < -0.4 is 0 Å². The van der Waals surface area contributed by atoms with Gasteiger partial charge < -0.3 is 14.2 Å². The summed E-state index contributed by atoms with van der Waals surface area (Å²) in [5.74, 6) is -1.05. The largest absolute Gasteiger partial charge is 0.462 e. The third-order valence-corrected chi connectivity index (χ3v) is 9.82. The molecule has 0 aliphatic carbocycles. The highest BCUT2D eigenvalue weighted by atomic mass is 16.6. The first-order valence-electron chi connectivity index (χ1n) is 25.3. The fourth-order valence-electron chi connectivity index (χ4n) is 6.13. The van der Waals surface area contributed by atoms with Crippen LogP contribution >= 0.6 is 0 Å². The molecule has 0 spiro atoms. The average molecular weight is 895 g/mol. The molecule has 0 amide bonds. The van der Waals surface area contributed by atoms with Gasteiger partial charge in [-0.3, -0.25) is 14.4 Å². The molecule has 0 saturated heterocycles. The minimum atomic E-state index is -0.833. The second kappa shape index (κ2) is 51.9. The predicted octanol–water partition coefficient (Wildman–Crippen LogP) is 16.9. The normalized spacial score (nSPS) is 13.3. The van der Waals surface area contributed by atoms with Crippen LogP contribution in [0.1, 0.15) is 188 Å². The molecule has 0 fully saturated rings. The lowest BCUT2D eigenvalue weighted by Gasteiger charge is -2.18. The molecular weight excluding hydrogens is 805 g/mol. The molecule has 6 nitrogen and oxygen atoms in total. The Kier molecular flexibility index (Phi) is 48.2. The molecule has 6 heteroatoms. The number of carbonyl (C=O) groups is 3. The molecule has 0 aromatic heterocycles. The zero-order valence-corrected chi connectivity index (χ0v) is 41.2. The van der Waals surface area contributed by atoms with E-state index in [0.717, 1.165) is 135 Å². The first kappa shape index (κ1) is 60.3. The number of unbranched alkanes of at least 4 members (excludes halogenated alkanes) is 8. The van der Waals surface area contributed by atoms with Gasteiger partial charge in [-0.15, -0.1) is 0 Å². The van der Waals surface area contributed by atoms with Crippen LogP contribution in [0.15, 0.2) is 146 Å². The zero-order chi connectivity index (χ0) is 47.2. The van der Waals surface area contributed by atoms with E-state index < -0.39 is 6.10 Å². The summed E-state index contributed by atoms with van der Waals surface area (Å²) in [7, 11) is 0. The van der Waals surface area contributed by atoms with Crippen molar-refractivity contribution < 1.29 is 28.6 Å². The first-order chi connectivity index (χ1) is 32.0. The van der Waals surface area contributed by atoms with Crippen molar-refractivity contribution in [1.29, 1.82) is 0 Å². The number of carbonyl (C=O) groups excluding carboxylic acids is 3.